The summed E-state index contributed by atoms with van der Waals surface area (Å²) < 4.78 is 1.89. The third kappa shape index (κ3) is 3.31. The number of carbonyl (C=O) groups excluding carboxylic acids is 1. The van der Waals surface area contributed by atoms with E-state index in [9.17, 15) is 4.79 Å². The summed E-state index contributed by atoms with van der Waals surface area (Å²) in [5.74, 6) is 0.240. The highest BCUT2D eigenvalue weighted by Gasteiger charge is 2.31. The average molecular weight is 339 g/mol. The summed E-state index contributed by atoms with van der Waals surface area (Å²) in [5, 5.41) is 4.25. The van der Waals surface area contributed by atoms with Crippen LogP contribution in [0, 0.1) is 0 Å². The maximum atomic E-state index is 13.1. The van der Waals surface area contributed by atoms with Gasteiger partial charge >= 0.3 is 0 Å². The molecule has 0 saturated carbocycles. The maximum Gasteiger partial charge on any atom is 0.239 e. The summed E-state index contributed by atoms with van der Waals surface area (Å²) in [6, 6.07) is 8.73. The Labute approximate surface area is 148 Å². The van der Waals surface area contributed by atoms with Crippen LogP contribution < -0.4 is 0 Å². The van der Waals surface area contributed by atoms with E-state index < -0.39 is 0 Å². The Hall–Kier alpha value is -2.21. The summed E-state index contributed by atoms with van der Waals surface area (Å²) in [7, 11) is 0. The van der Waals surface area contributed by atoms with E-state index >= 15 is 0 Å². The Kier molecular flexibility index (Phi) is 4.53. The van der Waals surface area contributed by atoms with Gasteiger partial charge in [-0.15, -0.1) is 0 Å². The molecule has 0 N–H and O–H groups in total. The van der Waals surface area contributed by atoms with Crippen molar-refractivity contribution in [2.75, 3.05) is 19.6 Å². The zero-order chi connectivity index (χ0) is 17.2. The summed E-state index contributed by atoms with van der Waals surface area (Å²) in [4.78, 5) is 21.4. The van der Waals surface area contributed by atoms with Crippen LogP contribution in [-0.2, 0) is 17.8 Å². The van der Waals surface area contributed by atoms with Crippen molar-refractivity contribution in [2.24, 2.45) is 0 Å². The summed E-state index contributed by atoms with van der Waals surface area (Å²) in [6.45, 7) is 5.44. The van der Waals surface area contributed by atoms with E-state index in [0.29, 0.717) is 0 Å². The molecular formula is C19H25N5O. The molecule has 4 rings (SSSR count). The molecule has 1 saturated heterocycles. The lowest BCUT2D eigenvalue weighted by atomic mass is 9.98. The molecule has 2 atom stereocenters. The zero-order valence-electron chi connectivity index (χ0n) is 14.7. The van der Waals surface area contributed by atoms with E-state index in [1.807, 2.05) is 9.58 Å². The second-order valence-electron chi connectivity index (χ2n) is 7.12. The molecule has 2 aromatic rings. The van der Waals surface area contributed by atoms with E-state index in [-0.39, 0.29) is 18.0 Å². The second-order valence-corrected chi connectivity index (χ2v) is 7.12. The number of rotatable bonds is 3. The number of amides is 1. The van der Waals surface area contributed by atoms with Crippen LogP contribution >= 0.6 is 0 Å². The summed E-state index contributed by atoms with van der Waals surface area (Å²) in [6.07, 6.45) is 6.41. The molecular weight excluding hydrogens is 314 g/mol. The van der Waals surface area contributed by atoms with Crippen molar-refractivity contribution < 1.29 is 4.79 Å². The Balaban J connectivity index is 1.42. The van der Waals surface area contributed by atoms with Crippen LogP contribution in [0.4, 0.5) is 0 Å². The number of hydrogen-bond acceptors (Lipinski definition) is 4. The zero-order valence-corrected chi connectivity index (χ0v) is 14.7. The fourth-order valence-corrected chi connectivity index (χ4v) is 4.05. The van der Waals surface area contributed by atoms with Gasteiger partial charge < -0.3 is 4.90 Å². The molecule has 132 valence electrons. The summed E-state index contributed by atoms with van der Waals surface area (Å²) in [5.41, 5.74) is 2.77. The fourth-order valence-electron chi connectivity index (χ4n) is 4.05. The topological polar surface area (TPSA) is 54.3 Å². The van der Waals surface area contributed by atoms with E-state index in [1.165, 1.54) is 11.1 Å². The number of aromatic nitrogens is 3. The van der Waals surface area contributed by atoms with Crippen LogP contribution in [0.15, 0.2) is 36.9 Å². The van der Waals surface area contributed by atoms with Crippen LogP contribution in [-0.4, -0.2) is 56.1 Å². The van der Waals surface area contributed by atoms with Gasteiger partial charge in [-0.25, -0.2) is 9.67 Å². The monoisotopic (exact) mass is 339 g/mol. The molecule has 0 aliphatic carbocycles. The number of benzene rings is 1. The number of piperidine rings is 1. The molecule has 2 aliphatic heterocycles. The van der Waals surface area contributed by atoms with Crippen molar-refractivity contribution >= 4 is 5.91 Å². The van der Waals surface area contributed by atoms with Crippen LogP contribution in [0.2, 0.25) is 0 Å². The van der Waals surface area contributed by atoms with Gasteiger partial charge in [0, 0.05) is 26.2 Å². The first kappa shape index (κ1) is 16.3. The van der Waals surface area contributed by atoms with Crippen LogP contribution in [0.3, 0.4) is 0 Å². The van der Waals surface area contributed by atoms with E-state index in [2.05, 4.69) is 46.2 Å². The SMILES string of the molecule is C[C@@H](C(=O)N1CCC[C@H](n2cncn2)C1)N1CCc2ccccc2C1. The number of carbonyl (C=O) groups is 1. The Morgan fingerprint density at radius 3 is 2.88 bits per heavy atom. The quantitative estimate of drug-likeness (QED) is 0.857. The van der Waals surface area contributed by atoms with Crippen molar-refractivity contribution in [1.29, 1.82) is 0 Å². The molecule has 0 radical (unpaired) electrons. The molecule has 0 unspecified atom stereocenters. The predicted octanol–water partition coefficient (Wildman–Crippen LogP) is 1.89. The molecule has 25 heavy (non-hydrogen) atoms. The predicted molar refractivity (Wildman–Crippen MR) is 94.9 cm³/mol. The first-order valence-electron chi connectivity index (χ1n) is 9.16. The molecule has 1 fully saturated rings. The van der Waals surface area contributed by atoms with Crippen molar-refractivity contribution in [3.63, 3.8) is 0 Å². The van der Waals surface area contributed by atoms with Gasteiger partial charge in [0.25, 0.3) is 0 Å². The minimum Gasteiger partial charge on any atom is -0.339 e. The van der Waals surface area contributed by atoms with Gasteiger partial charge in [0.2, 0.25) is 5.91 Å². The smallest absolute Gasteiger partial charge is 0.239 e. The van der Waals surface area contributed by atoms with Gasteiger partial charge in [-0.3, -0.25) is 9.69 Å². The van der Waals surface area contributed by atoms with Crippen molar-refractivity contribution in [3.05, 3.63) is 48.0 Å². The third-order valence-corrected chi connectivity index (χ3v) is 5.58. The first-order valence-corrected chi connectivity index (χ1v) is 9.16. The molecule has 0 bridgehead atoms. The van der Waals surface area contributed by atoms with Crippen LogP contribution in [0.5, 0.6) is 0 Å². The van der Waals surface area contributed by atoms with Gasteiger partial charge in [0.05, 0.1) is 12.1 Å². The van der Waals surface area contributed by atoms with Gasteiger partial charge in [-0.2, -0.15) is 5.10 Å². The minimum atomic E-state index is -0.0807. The van der Waals surface area contributed by atoms with Crippen LogP contribution in [0.25, 0.3) is 0 Å². The Morgan fingerprint density at radius 1 is 1.24 bits per heavy atom. The molecule has 1 aromatic carbocycles. The highest BCUT2D eigenvalue weighted by molar-refractivity contribution is 5.81. The number of likely N-dealkylation sites (tertiary alicyclic amines) is 1. The van der Waals surface area contributed by atoms with Gasteiger partial charge in [-0.05, 0) is 37.3 Å². The fraction of sp³-hybridized carbons (Fsp3) is 0.526. The molecule has 2 aliphatic rings. The lowest BCUT2D eigenvalue weighted by Crippen LogP contribution is -2.51. The third-order valence-electron chi connectivity index (χ3n) is 5.58. The van der Waals surface area contributed by atoms with E-state index in [0.717, 1.165) is 45.4 Å². The Morgan fingerprint density at radius 2 is 2.08 bits per heavy atom. The number of nitrogens with zero attached hydrogens (tertiary/aromatic N) is 5. The second kappa shape index (κ2) is 6.96. The lowest BCUT2D eigenvalue weighted by molar-refractivity contribution is -0.138. The largest absolute Gasteiger partial charge is 0.339 e. The van der Waals surface area contributed by atoms with Gasteiger partial charge in [0.1, 0.15) is 12.7 Å². The lowest BCUT2D eigenvalue weighted by Gasteiger charge is -2.38. The molecule has 6 heteroatoms. The molecule has 6 nitrogen and oxygen atoms in total. The molecule has 0 spiro atoms. The van der Waals surface area contributed by atoms with E-state index in [4.69, 9.17) is 0 Å². The van der Waals surface area contributed by atoms with Crippen molar-refractivity contribution in [2.45, 2.75) is 44.8 Å². The van der Waals surface area contributed by atoms with Gasteiger partial charge in [0.15, 0.2) is 0 Å². The van der Waals surface area contributed by atoms with Crippen LogP contribution in [0.1, 0.15) is 36.9 Å². The molecule has 1 aromatic heterocycles. The summed E-state index contributed by atoms with van der Waals surface area (Å²) >= 11 is 0. The Bertz CT molecular complexity index is 729. The minimum absolute atomic E-state index is 0.0807. The van der Waals surface area contributed by atoms with Crippen molar-refractivity contribution in [3.8, 4) is 0 Å². The molecule has 3 heterocycles. The molecule has 1 amide bonds. The number of fused-ring (bicyclic) bond motifs is 1. The highest BCUT2D eigenvalue weighted by Crippen LogP contribution is 2.24. The van der Waals surface area contributed by atoms with E-state index in [1.54, 1.807) is 12.7 Å². The normalized spacial score (nSPS) is 22.4. The van der Waals surface area contributed by atoms with Crippen molar-refractivity contribution in [1.82, 2.24) is 24.6 Å². The maximum absolute atomic E-state index is 13.1. The standard InChI is InChI=1S/C19H25N5O/c1-15(22-10-8-16-5-2-3-6-17(16)11-22)19(25)23-9-4-7-18(12-23)24-14-20-13-21-24/h2-3,5-6,13-15,18H,4,7-12H2,1H3/t15-,18-/m0/s1. The first-order chi connectivity index (χ1) is 12.2. The number of hydrogen-bond donors (Lipinski definition) is 0. The van der Waals surface area contributed by atoms with Gasteiger partial charge in [-0.1, -0.05) is 24.3 Å². The highest BCUT2D eigenvalue weighted by atomic mass is 16.2. The average Bonchev–Trinajstić information content (AvgIpc) is 3.21.